The second-order valence-electron chi connectivity index (χ2n) is 2.59. The van der Waals surface area contributed by atoms with Crippen LogP contribution in [0.3, 0.4) is 0 Å². The first-order chi connectivity index (χ1) is 6.85. The van der Waals surface area contributed by atoms with Crippen LogP contribution in [0.5, 0.6) is 0 Å². The Balaban J connectivity index is 0.000000292. The molecular weight excluding hydrogens is 194 g/mol. The summed E-state index contributed by atoms with van der Waals surface area (Å²) in [6.45, 7) is 3.08. The summed E-state index contributed by atoms with van der Waals surface area (Å²) in [5.41, 5.74) is 1.19. The number of benzene rings is 1. The predicted octanol–water partition coefficient (Wildman–Crippen LogP) is 1.40. The molecule has 0 saturated heterocycles. The average molecular weight is 213 g/mol. The van der Waals surface area contributed by atoms with Gasteiger partial charge in [-0.25, -0.2) is 0 Å². The molecular formula is C10H19NO2Si. The summed E-state index contributed by atoms with van der Waals surface area (Å²) >= 11 is 0. The molecule has 0 unspecified atom stereocenters. The van der Waals surface area contributed by atoms with E-state index in [-0.39, 0.29) is 0 Å². The van der Waals surface area contributed by atoms with E-state index in [9.17, 15) is 0 Å². The number of hydrogen-bond donors (Lipinski definition) is 1. The zero-order chi connectivity index (χ0) is 10.6. The lowest BCUT2D eigenvalue weighted by Gasteiger charge is -1.99. The van der Waals surface area contributed by atoms with Gasteiger partial charge >= 0.3 is 10.0 Å². The summed E-state index contributed by atoms with van der Waals surface area (Å²) < 4.78 is 9.22. The molecule has 14 heavy (non-hydrogen) atoms. The fourth-order valence-corrected chi connectivity index (χ4v) is 1.11. The highest BCUT2D eigenvalue weighted by molar-refractivity contribution is 6.17. The van der Waals surface area contributed by atoms with Crippen LogP contribution < -0.4 is 5.32 Å². The molecule has 0 aliphatic rings. The molecule has 0 fully saturated rings. The van der Waals surface area contributed by atoms with Crippen LogP contribution in [0.2, 0.25) is 0 Å². The van der Waals surface area contributed by atoms with Crippen LogP contribution in [0.15, 0.2) is 30.3 Å². The average Bonchev–Trinajstić information content (AvgIpc) is 2.22. The number of para-hydroxylation sites is 1. The zero-order valence-corrected chi connectivity index (χ0v) is 10.5. The van der Waals surface area contributed by atoms with E-state index in [2.05, 4.69) is 33.2 Å². The van der Waals surface area contributed by atoms with Crippen molar-refractivity contribution in [2.45, 2.75) is 6.92 Å². The lowest BCUT2D eigenvalue weighted by atomic mass is 10.3. The van der Waals surface area contributed by atoms with E-state index in [0.29, 0.717) is 0 Å². The van der Waals surface area contributed by atoms with Gasteiger partial charge in [-0.05, 0) is 19.1 Å². The smallest absolute Gasteiger partial charge is 0.303 e. The third-order valence-corrected chi connectivity index (χ3v) is 1.86. The summed E-state index contributed by atoms with van der Waals surface area (Å²) in [4.78, 5) is 0. The number of hydrogen-bond acceptors (Lipinski definition) is 3. The number of nitrogens with one attached hydrogen (secondary N) is 1. The van der Waals surface area contributed by atoms with E-state index in [1.807, 2.05) is 18.2 Å². The maximum atomic E-state index is 4.61. The third-order valence-electron chi connectivity index (χ3n) is 1.39. The normalized spacial score (nSPS) is 8.79. The maximum Gasteiger partial charge on any atom is 0.303 e. The molecule has 1 aromatic rings. The molecule has 3 nitrogen and oxygen atoms in total. The molecule has 0 spiro atoms. The highest BCUT2D eigenvalue weighted by Gasteiger charge is 1.81. The van der Waals surface area contributed by atoms with Crippen LogP contribution in [-0.2, 0) is 8.85 Å². The fraction of sp³-hybridized carbons (Fsp3) is 0.400. The standard InChI is InChI=1S/C8H11N.C2H8O2Si/c1-2-9-8-6-4-3-5-7-8;1-3-5-4-2/h3-7,9H,2H2,1H3;5H2,1-2H3. The van der Waals surface area contributed by atoms with Gasteiger partial charge in [0.2, 0.25) is 0 Å². The van der Waals surface area contributed by atoms with Crippen molar-refractivity contribution in [2.24, 2.45) is 0 Å². The summed E-state index contributed by atoms with van der Waals surface area (Å²) in [6, 6.07) is 10.2. The topological polar surface area (TPSA) is 30.5 Å². The molecule has 0 heterocycles. The minimum absolute atomic E-state index is 0.568. The molecule has 80 valence electrons. The molecule has 0 amide bonds. The van der Waals surface area contributed by atoms with Crippen molar-refractivity contribution < 1.29 is 8.85 Å². The fourth-order valence-electron chi connectivity index (χ4n) is 0.878. The van der Waals surface area contributed by atoms with Crippen molar-refractivity contribution in [2.75, 3.05) is 26.1 Å². The minimum Gasteiger partial charge on any atom is -0.402 e. The largest absolute Gasteiger partial charge is 0.402 e. The van der Waals surface area contributed by atoms with Gasteiger partial charge in [-0.1, -0.05) is 18.2 Å². The Kier molecular flexibility index (Phi) is 9.62. The van der Waals surface area contributed by atoms with Gasteiger partial charge in [0.15, 0.2) is 0 Å². The predicted molar refractivity (Wildman–Crippen MR) is 63.2 cm³/mol. The minimum atomic E-state index is -0.568. The molecule has 4 heteroatoms. The lowest BCUT2D eigenvalue weighted by Crippen LogP contribution is -1.94. The van der Waals surface area contributed by atoms with E-state index in [0.717, 1.165) is 6.54 Å². The van der Waals surface area contributed by atoms with E-state index in [4.69, 9.17) is 0 Å². The van der Waals surface area contributed by atoms with Gasteiger partial charge in [-0.2, -0.15) is 0 Å². The first-order valence-corrected chi connectivity index (χ1v) is 5.77. The second kappa shape index (κ2) is 10.2. The van der Waals surface area contributed by atoms with Crippen LogP contribution >= 0.6 is 0 Å². The lowest BCUT2D eigenvalue weighted by molar-refractivity contribution is 0.309. The first-order valence-electron chi connectivity index (χ1n) is 4.62. The van der Waals surface area contributed by atoms with Crippen molar-refractivity contribution in [1.82, 2.24) is 0 Å². The van der Waals surface area contributed by atoms with E-state index < -0.39 is 10.0 Å². The quantitative estimate of drug-likeness (QED) is 0.767. The van der Waals surface area contributed by atoms with Gasteiger partial charge in [-0.3, -0.25) is 0 Å². The van der Waals surface area contributed by atoms with Crippen LogP contribution in [0.25, 0.3) is 0 Å². The highest BCUT2D eigenvalue weighted by Crippen LogP contribution is 2.02. The summed E-state index contributed by atoms with van der Waals surface area (Å²) in [5.74, 6) is 0. The Morgan fingerprint density at radius 3 is 2.07 bits per heavy atom. The highest BCUT2D eigenvalue weighted by atomic mass is 28.3. The molecule has 0 aliphatic heterocycles. The van der Waals surface area contributed by atoms with E-state index in [1.165, 1.54) is 5.69 Å². The molecule has 0 aliphatic carbocycles. The van der Waals surface area contributed by atoms with Crippen molar-refractivity contribution in [3.63, 3.8) is 0 Å². The zero-order valence-electron chi connectivity index (χ0n) is 9.12. The molecule has 1 rings (SSSR count). The second-order valence-corrected chi connectivity index (χ2v) is 3.98. The molecule has 0 radical (unpaired) electrons. The van der Waals surface area contributed by atoms with Gasteiger partial charge in [0.05, 0.1) is 0 Å². The summed E-state index contributed by atoms with van der Waals surface area (Å²) in [6.07, 6.45) is 0. The molecule has 0 atom stereocenters. The Labute approximate surface area is 88.5 Å². The van der Waals surface area contributed by atoms with Crippen molar-refractivity contribution in [1.29, 1.82) is 0 Å². The molecule has 0 aromatic heterocycles. The van der Waals surface area contributed by atoms with Crippen molar-refractivity contribution >= 4 is 15.7 Å². The van der Waals surface area contributed by atoms with Gasteiger partial charge in [0, 0.05) is 26.5 Å². The van der Waals surface area contributed by atoms with Crippen LogP contribution in [0, 0.1) is 0 Å². The van der Waals surface area contributed by atoms with Gasteiger partial charge in [-0.15, -0.1) is 0 Å². The Bertz CT molecular complexity index is 205. The Hall–Kier alpha value is -0.843. The SMILES string of the molecule is CCNc1ccccc1.CO[SiH2]OC. The van der Waals surface area contributed by atoms with Gasteiger partial charge in [0.1, 0.15) is 0 Å². The molecule has 0 saturated carbocycles. The summed E-state index contributed by atoms with van der Waals surface area (Å²) in [7, 11) is 2.73. The van der Waals surface area contributed by atoms with E-state index in [1.54, 1.807) is 14.2 Å². The number of anilines is 1. The van der Waals surface area contributed by atoms with Crippen LogP contribution in [0.1, 0.15) is 6.92 Å². The molecule has 0 bridgehead atoms. The first kappa shape index (κ1) is 13.2. The molecule has 1 aromatic carbocycles. The van der Waals surface area contributed by atoms with Crippen LogP contribution in [0.4, 0.5) is 5.69 Å². The van der Waals surface area contributed by atoms with E-state index >= 15 is 0 Å². The number of rotatable bonds is 4. The Morgan fingerprint density at radius 1 is 1.14 bits per heavy atom. The molecule has 1 N–H and O–H groups in total. The van der Waals surface area contributed by atoms with Gasteiger partial charge in [0.25, 0.3) is 0 Å². The maximum absolute atomic E-state index is 4.61. The van der Waals surface area contributed by atoms with Crippen molar-refractivity contribution in [3.05, 3.63) is 30.3 Å². The summed E-state index contributed by atoms with van der Waals surface area (Å²) in [5, 5.41) is 3.21. The Morgan fingerprint density at radius 2 is 1.71 bits per heavy atom. The van der Waals surface area contributed by atoms with Crippen molar-refractivity contribution in [3.8, 4) is 0 Å². The van der Waals surface area contributed by atoms with Crippen LogP contribution in [-0.4, -0.2) is 30.8 Å². The van der Waals surface area contributed by atoms with Gasteiger partial charge < -0.3 is 14.2 Å². The third kappa shape index (κ3) is 7.79. The monoisotopic (exact) mass is 213 g/mol.